The first kappa shape index (κ1) is 14.9. The van der Waals surface area contributed by atoms with Crippen LogP contribution in [0.25, 0.3) is 0 Å². The molecule has 0 spiro atoms. The average Bonchev–Trinajstić information content (AvgIpc) is 2.81. The van der Waals surface area contributed by atoms with Crippen molar-refractivity contribution in [3.05, 3.63) is 52.2 Å². The van der Waals surface area contributed by atoms with E-state index in [0.717, 1.165) is 10.9 Å². The molecule has 0 aliphatic heterocycles. The van der Waals surface area contributed by atoms with Crippen molar-refractivity contribution in [2.24, 2.45) is 11.4 Å². The molecule has 0 saturated heterocycles. The summed E-state index contributed by atoms with van der Waals surface area (Å²) in [6.45, 7) is 0. The Labute approximate surface area is 120 Å². The molecule has 21 heavy (non-hydrogen) atoms. The quantitative estimate of drug-likeness (QED) is 0.632. The van der Waals surface area contributed by atoms with E-state index in [2.05, 4.69) is 9.46 Å². The lowest BCUT2D eigenvalue weighted by molar-refractivity contribution is -0.392. The second-order valence-corrected chi connectivity index (χ2v) is 6.53. The number of hydrogen-bond donors (Lipinski definition) is 0. The van der Waals surface area contributed by atoms with Crippen LogP contribution in [0.4, 0.5) is 5.82 Å². The molecule has 1 aromatic heterocycles. The van der Waals surface area contributed by atoms with Crippen molar-refractivity contribution in [3.63, 3.8) is 0 Å². The zero-order valence-corrected chi connectivity index (χ0v) is 12.1. The van der Waals surface area contributed by atoms with Crippen molar-refractivity contribution < 1.29 is 13.9 Å². The zero-order chi connectivity index (χ0) is 15.6. The van der Waals surface area contributed by atoms with Gasteiger partial charge in [0.25, 0.3) is 5.91 Å². The van der Waals surface area contributed by atoms with Gasteiger partial charge in [-0.25, -0.2) is 4.21 Å². The van der Waals surface area contributed by atoms with E-state index in [9.17, 15) is 19.1 Å². The Kier molecular flexibility index (Phi) is 3.85. The summed E-state index contributed by atoms with van der Waals surface area (Å²) < 4.78 is 17.1. The van der Waals surface area contributed by atoms with E-state index in [1.807, 2.05) is 0 Å². The molecule has 110 valence electrons. The molecular weight excluding hydrogens is 296 g/mol. The Hall–Kier alpha value is -2.55. The topological polar surface area (TPSA) is 107 Å². The van der Waals surface area contributed by atoms with Crippen molar-refractivity contribution in [2.45, 2.75) is 4.90 Å². The molecule has 9 heteroatoms. The number of aryl methyl sites for hydroxylation is 1. The van der Waals surface area contributed by atoms with Crippen molar-refractivity contribution in [2.75, 3.05) is 6.26 Å². The number of nitrogens with zero attached hydrogens (tertiary/aromatic N) is 4. The molecular formula is C12H12N4O4S. The Bertz CT molecular complexity index is 819. The van der Waals surface area contributed by atoms with Gasteiger partial charge in [0.05, 0.1) is 15.9 Å². The number of aromatic nitrogens is 2. The van der Waals surface area contributed by atoms with Gasteiger partial charge in [-0.05, 0) is 17.1 Å². The highest BCUT2D eigenvalue weighted by atomic mass is 32.2. The molecule has 0 saturated carbocycles. The van der Waals surface area contributed by atoms with E-state index in [1.54, 1.807) is 30.3 Å². The molecule has 0 N–H and O–H groups in total. The SMILES string of the molecule is Cn1ncc(C(=O)N=[S@](C)(=O)c2ccccc2)c1[N+](=O)[O-]. The van der Waals surface area contributed by atoms with Crippen LogP contribution in [-0.2, 0) is 16.8 Å². The fraction of sp³-hybridized carbons (Fsp3) is 0.167. The molecule has 1 amide bonds. The van der Waals surface area contributed by atoms with Crippen LogP contribution in [0.1, 0.15) is 10.4 Å². The fourth-order valence-electron chi connectivity index (χ4n) is 1.73. The molecule has 0 aliphatic carbocycles. The van der Waals surface area contributed by atoms with E-state index in [0.29, 0.717) is 4.90 Å². The summed E-state index contributed by atoms with van der Waals surface area (Å²) in [6, 6.07) is 8.25. The number of amides is 1. The summed E-state index contributed by atoms with van der Waals surface area (Å²) in [4.78, 5) is 22.6. The molecule has 0 radical (unpaired) electrons. The van der Waals surface area contributed by atoms with Gasteiger partial charge in [-0.1, -0.05) is 23.3 Å². The second kappa shape index (κ2) is 5.44. The largest absolute Gasteiger partial charge is 0.358 e. The first-order chi connectivity index (χ1) is 9.83. The zero-order valence-electron chi connectivity index (χ0n) is 11.3. The molecule has 0 fully saturated rings. The lowest BCUT2D eigenvalue weighted by Gasteiger charge is -2.02. The summed E-state index contributed by atoms with van der Waals surface area (Å²) >= 11 is 0. The third-order valence-corrected chi connectivity index (χ3v) is 4.41. The van der Waals surface area contributed by atoms with Crippen LogP contribution in [0.3, 0.4) is 0 Å². The van der Waals surface area contributed by atoms with Crippen molar-refractivity contribution in [1.82, 2.24) is 9.78 Å². The van der Waals surface area contributed by atoms with Gasteiger partial charge in [0.15, 0.2) is 5.56 Å². The summed E-state index contributed by atoms with van der Waals surface area (Å²) in [7, 11) is -1.63. The molecule has 1 atom stereocenters. The van der Waals surface area contributed by atoms with E-state index in [4.69, 9.17) is 0 Å². The van der Waals surface area contributed by atoms with Crippen LogP contribution in [0.2, 0.25) is 0 Å². The van der Waals surface area contributed by atoms with Gasteiger partial charge in [-0.15, -0.1) is 4.68 Å². The van der Waals surface area contributed by atoms with E-state index in [-0.39, 0.29) is 5.56 Å². The monoisotopic (exact) mass is 308 g/mol. The fourth-order valence-corrected chi connectivity index (χ4v) is 2.91. The van der Waals surface area contributed by atoms with Gasteiger partial charge >= 0.3 is 5.82 Å². The number of hydrogen-bond acceptors (Lipinski definition) is 5. The van der Waals surface area contributed by atoms with Crippen LogP contribution >= 0.6 is 0 Å². The second-order valence-electron chi connectivity index (χ2n) is 4.27. The molecule has 1 aromatic carbocycles. The summed E-state index contributed by atoms with van der Waals surface area (Å²) in [5.41, 5.74) is -0.284. The van der Waals surface area contributed by atoms with Crippen molar-refractivity contribution >= 4 is 21.5 Å². The lowest BCUT2D eigenvalue weighted by Crippen LogP contribution is -2.06. The number of nitro groups is 1. The molecule has 2 aromatic rings. The minimum atomic E-state index is -2.98. The Morgan fingerprint density at radius 3 is 2.57 bits per heavy atom. The maximum atomic E-state index is 12.5. The summed E-state index contributed by atoms with van der Waals surface area (Å²) in [5.74, 6) is -1.40. The Morgan fingerprint density at radius 2 is 2.00 bits per heavy atom. The van der Waals surface area contributed by atoms with Crippen LogP contribution in [-0.4, -0.2) is 31.1 Å². The third-order valence-electron chi connectivity index (χ3n) is 2.75. The number of carbonyl (C=O) groups excluding carboxylic acids is 1. The minimum absolute atomic E-state index is 0.284. The van der Waals surface area contributed by atoms with Crippen LogP contribution in [0.5, 0.6) is 0 Å². The van der Waals surface area contributed by atoms with Crippen molar-refractivity contribution in [1.29, 1.82) is 0 Å². The van der Waals surface area contributed by atoms with Gasteiger partial charge < -0.3 is 10.1 Å². The van der Waals surface area contributed by atoms with Gasteiger partial charge in [0.1, 0.15) is 7.05 Å². The molecule has 0 aliphatic rings. The first-order valence-corrected chi connectivity index (χ1v) is 7.73. The molecule has 1 heterocycles. The predicted octanol–water partition coefficient (Wildman–Crippen LogP) is 1.63. The highest BCUT2D eigenvalue weighted by Crippen LogP contribution is 2.19. The van der Waals surface area contributed by atoms with Crippen molar-refractivity contribution in [3.8, 4) is 0 Å². The van der Waals surface area contributed by atoms with Crippen LogP contribution in [0.15, 0.2) is 45.8 Å². The Morgan fingerprint density at radius 1 is 1.38 bits per heavy atom. The van der Waals surface area contributed by atoms with Gasteiger partial charge in [0.2, 0.25) is 0 Å². The van der Waals surface area contributed by atoms with E-state index >= 15 is 0 Å². The highest BCUT2D eigenvalue weighted by Gasteiger charge is 2.26. The third kappa shape index (κ3) is 2.97. The van der Waals surface area contributed by atoms with Gasteiger partial charge in [0, 0.05) is 11.2 Å². The first-order valence-electron chi connectivity index (χ1n) is 5.81. The standard InChI is InChI=1S/C12H12N4O4S/c1-15-12(16(18)19)10(8-13-15)11(17)14-21(2,20)9-6-4-3-5-7-9/h3-8H,1-2H3/t21-/m1/s1. The summed E-state index contributed by atoms with van der Waals surface area (Å²) in [6.07, 6.45) is 2.35. The normalized spacial score (nSPS) is 13.4. The van der Waals surface area contributed by atoms with E-state index in [1.165, 1.54) is 13.3 Å². The number of rotatable bonds is 3. The maximum absolute atomic E-state index is 12.5. The molecule has 8 nitrogen and oxygen atoms in total. The van der Waals surface area contributed by atoms with Crippen LogP contribution in [0, 0.1) is 10.1 Å². The molecule has 0 bridgehead atoms. The smallest absolute Gasteiger partial charge is 0.357 e. The molecule has 2 rings (SSSR count). The average molecular weight is 308 g/mol. The van der Waals surface area contributed by atoms with Gasteiger partial charge in [-0.2, -0.15) is 4.36 Å². The maximum Gasteiger partial charge on any atom is 0.357 e. The van der Waals surface area contributed by atoms with E-state index < -0.39 is 26.4 Å². The lowest BCUT2D eigenvalue weighted by atomic mass is 10.3. The van der Waals surface area contributed by atoms with Gasteiger partial charge in [-0.3, -0.25) is 4.79 Å². The number of carbonyl (C=O) groups is 1. The molecule has 0 unspecified atom stereocenters. The Balaban J connectivity index is 2.49. The number of benzene rings is 1. The predicted molar refractivity (Wildman–Crippen MR) is 75.4 cm³/mol. The minimum Gasteiger partial charge on any atom is -0.358 e. The van der Waals surface area contributed by atoms with Crippen LogP contribution < -0.4 is 0 Å². The highest BCUT2D eigenvalue weighted by molar-refractivity contribution is 7.93. The summed E-state index contributed by atoms with van der Waals surface area (Å²) in [5, 5.41) is 14.6.